The van der Waals surface area contributed by atoms with Crippen molar-refractivity contribution in [3.8, 4) is 5.75 Å². The standard InChI is InChI=1S/C27H35ClFN3O5S/c1-19(27(34)30-21-10-5-6-11-21)31(18-20-9-4-7-12-24(20)29)26(33)13-8-16-32(38(3,35)36)22-14-15-25(37-2)23(28)17-22/h4,7,9,12,14-15,17,19,21H,5-6,8,10-11,13,16,18H2,1-3H3,(H,30,34). The van der Waals surface area contributed by atoms with Gasteiger partial charge in [0.05, 0.1) is 24.1 Å². The van der Waals surface area contributed by atoms with Gasteiger partial charge in [0.25, 0.3) is 0 Å². The smallest absolute Gasteiger partial charge is 0.242 e. The first-order valence-corrected chi connectivity index (χ1v) is 14.9. The van der Waals surface area contributed by atoms with Gasteiger partial charge in [-0.05, 0) is 50.5 Å². The molecule has 11 heteroatoms. The van der Waals surface area contributed by atoms with Gasteiger partial charge in [-0.1, -0.05) is 42.6 Å². The minimum absolute atomic E-state index is 0.0173. The second-order valence-electron chi connectivity index (χ2n) is 9.54. The van der Waals surface area contributed by atoms with Gasteiger partial charge in [0.2, 0.25) is 21.8 Å². The highest BCUT2D eigenvalue weighted by Gasteiger charge is 2.29. The van der Waals surface area contributed by atoms with Gasteiger partial charge in [-0.2, -0.15) is 0 Å². The maximum Gasteiger partial charge on any atom is 0.242 e. The van der Waals surface area contributed by atoms with E-state index in [4.69, 9.17) is 16.3 Å². The number of rotatable bonds is 12. The number of carbonyl (C=O) groups is 2. The van der Waals surface area contributed by atoms with E-state index < -0.39 is 21.9 Å². The van der Waals surface area contributed by atoms with E-state index in [-0.39, 0.29) is 48.8 Å². The largest absolute Gasteiger partial charge is 0.495 e. The molecule has 1 saturated carbocycles. The SMILES string of the molecule is COc1ccc(N(CCCC(=O)N(Cc2ccccc2F)C(C)C(=O)NC2CCCC2)S(C)(=O)=O)cc1Cl. The number of carbonyl (C=O) groups excluding carboxylic acids is 2. The minimum atomic E-state index is -3.67. The van der Waals surface area contributed by atoms with Crippen LogP contribution in [-0.4, -0.2) is 57.1 Å². The maximum atomic E-state index is 14.4. The summed E-state index contributed by atoms with van der Waals surface area (Å²) < 4.78 is 45.8. The highest BCUT2D eigenvalue weighted by molar-refractivity contribution is 7.92. The molecular weight excluding hydrogens is 533 g/mol. The van der Waals surface area contributed by atoms with Crippen LogP contribution in [0.1, 0.15) is 51.0 Å². The Morgan fingerprint density at radius 1 is 1.18 bits per heavy atom. The average Bonchev–Trinajstić information content (AvgIpc) is 3.38. The Morgan fingerprint density at radius 2 is 1.87 bits per heavy atom. The predicted molar refractivity (Wildman–Crippen MR) is 146 cm³/mol. The highest BCUT2D eigenvalue weighted by Crippen LogP contribution is 2.30. The van der Waals surface area contributed by atoms with E-state index in [0.29, 0.717) is 17.0 Å². The van der Waals surface area contributed by atoms with Crippen LogP contribution in [0.2, 0.25) is 5.02 Å². The Morgan fingerprint density at radius 3 is 2.47 bits per heavy atom. The van der Waals surface area contributed by atoms with Gasteiger partial charge in [0, 0.05) is 31.1 Å². The van der Waals surface area contributed by atoms with Crippen molar-refractivity contribution >= 4 is 39.1 Å². The van der Waals surface area contributed by atoms with E-state index in [1.54, 1.807) is 37.3 Å². The molecule has 1 unspecified atom stereocenters. The molecule has 208 valence electrons. The maximum absolute atomic E-state index is 14.4. The highest BCUT2D eigenvalue weighted by atomic mass is 35.5. The van der Waals surface area contributed by atoms with Crippen molar-refractivity contribution in [3.05, 3.63) is 58.9 Å². The second kappa shape index (κ2) is 13.3. The Bertz CT molecular complexity index is 1240. The molecule has 0 saturated heterocycles. The summed E-state index contributed by atoms with van der Waals surface area (Å²) in [5.41, 5.74) is 0.644. The van der Waals surface area contributed by atoms with Crippen LogP contribution < -0.4 is 14.4 Å². The van der Waals surface area contributed by atoms with Crippen molar-refractivity contribution in [1.82, 2.24) is 10.2 Å². The van der Waals surface area contributed by atoms with Gasteiger partial charge in [0.1, 0.15) is 17.6 Å². The Hall–Kier alpha value is -2.85. The molecule has 8 nitrogen and oxygen atoms in total. The summed E-state index contributed by atoms with van der Waals surface area (Å²) >= 11 is 6.19. The lowest BCUT2D eigenvalue weighted by Gasteiger charge is -2.30. The van der Waals surface area contributed by atoms with E-state index in [9.17, 15) is 22.4 Å². The lowest BCUT2D eigenvalue weighted by molar-refractivity contribution is -0.141. The molecule has 2 aromatic carbocycles. The molecule has 1 fully saturated rings. The molecule has 1 atom stereocenters. The van der Waals surface area contributed by atoms with Crippen molar-refractivity contribution in [2.75, 3.05) is 24.2 Å². The zero-order valence-corrected chi connectivity index (χ0v) is 23.5. The zero-order valence-electron chi connectivity index (χ0n) is 22.0. The van der Waals surface area contributed by atoms with Crippen LogP contribution in [0, 0.1) is 5.82 Å². The number of ether oxygens (including phenoxy) is 1. The number of benzene rings is 2. The summed E-state index contributed by atoms with van der Waals surface area (Å²) in [6, 6.07) is 10.0. The van der Waals surface area contributed by atoms with Crippen molar-refractivity contribution < 1.29 is 27.1 Å². The fourth-order valence-electron chi connectivity index (χ4n) is 4.60. The van der Waals surface area contributed by atoms with Gasteiger partial charge >= 0.3 is 0 Å². The van der Waals surface area contributed by atoms with Crippen LogP contribution in [0.15, 0.2) is 42.5 Å². The summed E-state index contributed by atoms with van der Waals surface area (Å²) in [6.07, 6.45) is 5.12. The second-order valence-corrected chi connectivity index (χ2v) is 11.9. The van der Waals surface area contributed by atoms with Crippen molar-refractivity contribution in [2.24, 2.45) is 0 Å². The van der Waals surface area contributed by atoms with Crippen LogP contribution in [-0.2, 0) is 26.2 Å². The summed E-state index contributed by atoms with van der Waals surface area (Å²) in [5, 5.41) is 3.27. The number of nitrogens with zero attached hydrogens (tertiary/aromatic N) is 2. The molecular formula is C27H35ClFN3O5S. The van der Waals surface area contributed by atoms with E-state index in [0.717, 1.165) is 31.9 Å². The number of anilines is 1. The van der Waals surface area contributed by atoms with Gasteiger partial charge in [-0.3, -0.25) is 13.9 Å². The van der Waals surface area contributed by atoms with Gasteiger partial charge in [-0.25, -0.2) is 12.8 Å². The predicted octanol–water partition coefficient (Wildman–Crippen LogP) is 4.51. The van der Waals surface area contributed by atoms with Crippen molar-refractivity contribution in [3.63, 3.8) is 0 Å². The molecule has 0 aliphatic heterocycles. The number of nitrogens with one attached hydrogen (secondary N) is 1. The molecule has 0 bridgehead atoms. The molecule has 0 spiro atoms. The summed E-state index contributed by atoms with van der Waals surface area (Å²) in [4.78, 5) is 27.7. The molecule has 1 N–H and O–H groups in total. The van der Waals surface area contributed by atoms with Crippen molar-refractivity contribution in [1.29, 1.82) is 0 Å². The van der Waals surface area contributed by atoms with Gasteiger partial charge < -0.3 is 15.0 Å². The molecule has 1 aliphatic rings. The van der Waals surface area contributed by atoms with E-state index in [2.05, 4.69) is 5.32 Å². The fourth-order valence-corrected chi connectivity index (χ4v) is 5.81. The molecule has 2 aromatic rings. The van der Waals surface area contributed by atoms with Crippen LogP contribution in [0.25, 0.3) is 0 Å². The first-order chi connectivity index (χ1) is 18.0. The monoisotopic (exact) mass is 567 g/mol. The van der Waals surface area contributed by atoms with Gasteiger partial charge in [-0.15, -0.1) is 0 Å². The number of methoxy groups -OCH3 is 1. The summed E-state index contributed by atoms with van der Waals surface area (Å²) in [7, 11) is -2.21. The Balaban J connectivity index is 1.74. The third-order valence-electron chi connectivity index (χ3n) is 6.74. The zero-order chi connectivity index (χ0) is 27.9. The lowest BCUT2D eigenvalue weighted by atomic mass is 10.1. The normalized spacial score (nSPS) is 14.7. The fraction of sp³-hybridized carbons (Fsp3) is 0.481. The number of hydrogen-bond acceptors (Lipinski definition) is 5. The quantitative estimate of drug-likeness (QED) is 0.407. The number of amides is 2. The third-order valence-corrected chi connectivity index (χ3v) is 8.23. The topological polar surface area (TPSA) is 96.0 Å². The molecule has 0 radical (unpaired) electrons. The van der Waals surface area contributed by atoms with Crippen LogP contribution in [0.5, 0.6) is 5.75 Å². The minimum Gasteiger partial charge on any atom is -0.495 e. The molecule has 0 heterocycles. The molecule has 0 aromatic heterocycles. The summed E-state index contributed by atoms with van der Waals surface area (Å²) in [6.45, 7) is 1.57. The summed E-state index contributed by atoms with van der Waals surface area (Å²) in [5.74, 6) is -0.711. The first kappa shape index (κ1) is 29.7. The van der Waals surface area contributed by atoms with E-state index in [1.807, 2.05) is 0 Å². The third kappa shape index (κ3) is 7.83. The molecule has 3 rings (SSSR count). The lowest BCUT2D eigenvalue weighted by Crippen LogP contribution is -2.49. The number of halogens is 2. The molecule has 38 heavy (non-hydrogen) atoms. The molecule has 1 aliphatic carbocycles. The number of hydrogen-bond donors (Lipinski definition) is 1. The van der Waals surface area contributed by atoms with Crippen LogP contribution in [0.3, 0.4) is 0 Å². The van der Waals surface area contributed by atoms with Crippen LogP contribution in [0.4, 0.5) is 10.1 Å². The Labute approximate surface area is 229 Å². The Kier molecular flexibility index (Phi) is 10.4. The van der Waals surface area contributed by atoms with E-state index >= 15 is 0 Å². The van der Waals surface area contributed by atoms with Gasteiger partial charge in [0.15, 0.2) is 0 Å². The number of sulfonamides is 1. The van der Waals surface area contributed by atoms with Crippen LogP contribution >= 0.6 is 11.6 Å². The van der Waals surface area contributed by atoms with E-state index in [1.165, 1.54) is 28.4 Å². The molecule has 2 amide bonds. The van der Waals surface area contributed by atoms with Crippen molar-refractivity contribution in [2.45, 2.75) is 64.1 Å². The first-order valence-electron chi connectivity index (χ1n) is 12.7. The average molecular weight is 568 g/mol.